The first-order valence-electron chi connectivity index (χ1n) is 11.9. The van der Waals surface area contributed by atoms with Crippen LogP contribution in [0, 0.1) is 0 Å². The first-order chi connectivity index (χ1) is 18.8. The number of ether oxygens (including phenoxy) is 3. The molecule has 1 rings (SSSR count). The number of carbonyl (C=O) groups is 3. The molecule has 0 saturated carbocycles. The summed E-state index contributed by atoms with van der Waals surface area (Å²) in [4.78, 5) is 78.9. The topological polar surface area (TPSA) is 145 Å². The van der Waals surface area contributed by atoms with E-state index in [1.54, 1.807) is 0 Å². The highest BCUT2D eigenvalue weighted by Gasteiger charge is 2.41. The summed E-state index contributed by atoms with van der Waals surface area (Å²) in [6, 6.07) is 0. The zero-order valence-electron chi connectivity index (χ0n) is 23.0. The summed E-state index contributed by atoms with van der Waals surface area (Å²) in [5, 5.41) is -2.25. The molecule has 0 saturated heterocycles. The van der Waals surface area contributed by atoms with Crippen LogP contribution in [0.4, 0.5) is 0 Å². The average molecular weight is 760 g/mol. The van der Waals surface area contributed by atoms with E-state index in [4.69, 9.17) is 14.2 Å². The second kappa shape index (κ2) is 15.0. The maximum atomic E-state index is 13.6. The molecule has 1 aromatic rings. The van der Waals surface area contributed by atoms with Crippen molar-refractivity contribution in [2.24, 2.45) is 0 Å². The molecule has 0 N–H and O–H groups in total. The average Bonchev–Trinajstić information content (AvgIpc) is 2.83. The van der Waals surface area contributed by atoms with Gasteiger partial charge in [-0.1, -0.05) is 20.8 Å². The number of esters is 3. The van der Waals surface area contributed by atoms with Gasteiger partial charge in [0.2, 0.25) is 0 Å². The molecule has 0 fully saturated rings. The SMILES string of the molecule is CC(OC(=O)C(S)(S)C(C)S)n1c(=O)n(C(C)OC(=O)C(S)(S)C(C)S)c(=O)n(C(C)OC(=O)C(S)(S)C(C)S)c1=O. The van der Waals surface area contributed by atoms with Gasteiger partial charge in [0.15, 0.2) is 30.9 Å². The smallest absolute Gasteiger partial charge is 0.342 e. The lowest BCUT2D eigenvalue weighted by Crippen LogP contribution is -2.58. The summed E-state index contributed by atoms with van der Waals surface area (Å²) in [5.74, 6) is -3.22. The van der Waals surface area contributed by atoms with Gasteiger partial charge in [0.05, 0.1) is 0 Å². The van der Waals surface area contributed by atoms with E-state index in [-0.39, 0.29) is 0 Å². The number of hydrogen-bond donors (Lipinski definition) is 9. The van der Waals surface area contributed by atoms with Crippen molar-refractivity contribution >= 4 is 132 Å². The first kappa shape index (κ1) is 40.0. The zero-order chi connectivity index (χ0) is 33.3. The lowest BCUT2D eigenvalue weighted by Gasteiger charge is -2.29. The van der Waals surface area contributed by atoms with Gasteiger partial charge in [0, 0.05) is 15.7 Å². The molecule has 0 aliphatic carbocycles. The molecule has 0 aliphatic rings. The third-order valence-corrected chi connectivity index (χ3v) is 11.6. The van der Waals surface area contributed by atoms with Crippen molar-refractivity contribution in [3.63, 3.8) is 0 Å². The second-order valence-electron chi connectivity index (χ2n) is 9.18. The van der Waals surface area contributed by atoms with Crippen LogP contribution in [0.2, 0.25) is 0 Å². The molecule has 240 valence electrons. The minimum absolute atomic E-state index is 0.376. The molecule has 0 bridgehead atoms. The number of nitrogens with zero attached hydrogens (tertiary/aromatic N) is 3. The summed E-state index contributed by atoms with van der Waals surface area (Å²) >= 11 is 37.2. The number of hydrogen-bond acceptors (Lipinski definition) is 18. The van der Waals surface area contributed by atoms with E-state index in [1.807, 2.05) is 0 Å². The first-order valence-corrected chi connectivity index (χ1v) is 16.1. The molecule has 6 unspecified atom stereocenters. The van der Waals surface area contributed by atoms with Crippen LogP contribution in [0.5, 0.6) is 0 Å². The second-order valence-corrected chi connectivity index (χ2v) is 16.8. The van der Waals surface area contributed by atoms with Crippen LogP contribution in [-0.2, 0) is 28.6 Å². The van der Waals surface area contributed by atoms with Crippen LogP contribution in [0.1, 0.15) is 60.2 Å². The van der Waals surface area contributed by atoms with Crippen molar-refractivity contribution in [2.45, 2.75) is 88.2 Å². The molecule has 0 spiro atoms. The Morgan fingerprint density at radius 1 is 0.500 bits per heavy atom. The summed E-state index contributed by atoms with van der Waals surface area (Å²) in [5.41, 5.74) is -4.02. The Labute approximate surface area is 291 Å². The molecule has 6 atom stereocenters. The summed E-state index contributed by atoms with van der Waals surface area (Å²) in [6.45, 7) is 7.96. The van der Waals surface area contributed by atoms with Crippen LogP contribution in [-0.4, -0.2) is 59.6 Å². The molecule has 0 aromatic carbocycles. The Balaban J connectivity index is 3.89. The van der Waals surface area contributed by atoms with Crippen molar-refractivity contribution in [1.82, 2.24) is 13.7 Å². The van der Waals surface area contributed by atoms with Crippen LogP contribution in [0.15, 0.2) is 14.4 Å². The maximum absolute atomic E-state index is 13.6. The third-order valence-electron chi connectivity index (χ3n) is 5.81. The Morgan fingerprint density at radius 2 is 0.667 bits per heavy atom. The summed E-state index contributed by atoms with van der Waals surface area (Å²) in [6.07, 6.45) is -5.03. The Kier molecular flexibility index (Phi) is 14.3. The van der Waals surface area contributed by atoms with E-state index in [9.17, 15) is 28.8 Å². The summed E-state index contributed by atoms with van der Waals surface area (Å²) in [7, 11) is 0. The highest BCUT2D eigenvalue weighted by molar-refractivity contribution is 8.04. The van der Waals surface area contributed by atoms with E-state index < -0.39 is 81.6 Å². The van der Waals surface area contributed by atoms with Gasteiger partial charge in [-0.15, -0.1) is 75.8 Å². The van der Waals surface area contributed by atoms with Gasteiger partial charge in [-0.25, -0.2) is 42.5 Å². The van der Waals surface area contributed by atoms with E-state index >= 15 is 0 Å². The predicted octanol–water partition coefficient (Wildman–Crippen LogP) is 1.98. The molecule has 21 heteroatoms. The molecule has 12 nitrogen and oxygen atoms in total. The van der Waals surface area contributed by atoms with Crippen LogP contribution >= 0.6 is 114 Å². The fraction of sp³-hybridized carbons (Fsp3) is 0.714. The number of thiol groups is 9. The fourth-order valence-corrected chi connectivity index (χ4v) is 3.55. The van der Waals surface area contributed by atoms with Gasteiger partial charge in [0.1, 0.15) is 0 Å². The van der Waals surface area contributed by atoms with Crippen molar-refractivity contribution in [1.29, 1.82) is 0 Å². The minimum Gasteiger partial charge on any atom is -0.439 e. The van der Waals surface area contributed by atoms with Gasteiger partial charge in [-0.05, 0) is 20.8 Å². The molecule has 42 heavy (non-hydrogen) atoms. The van der Waals surface area contributed by atoms with Crippen LogP contribution < -0.4 is 17.1 Å². The normalized spacial score (nSPS) is 16.9. The van der Waals surface area contributed by atoms with Crippen LogP contribution in [0.25, 0.3) is 0 Å². The van der Waals surface area contributed by atoms with Gasteiger partial charge in [0.25, 0.3) is 0 Å². The Morgan fingerprint density at radius 3 is 0.810 bits per heavy atom. The Bertz CT molecular complexity index is 1180. The van der Waals surface area contributed by atoms with Gasteiger partial charge in [-0.3, -0.25) is 0 Å². The van der Waals surface area contributed by atoms with Gasteiger partial charge >= 0.3 is 35.0 Å². The standard InChI is InChI=1S/C21H33N3O9S9/c1-7(34)19(37,38)13(25)31-10(4)22-16(28)23(11(5)32-14(26)20(39,40)8(2)35)18(30)24(17(22)29)12(6)33-15(27)21(41,42)9(3)36/h7-12,34-42H,1-6H3. The molecule has 1 aromatic heterocycles. The van der Waals surface area contributed by atoms with Crippen molar-refractivity contribution in [3.05, 3.63) is 31.5 Å². The molecule has 0 aliphatic heterocycles. The third kappa shape index (κ3) is 8.61. The van der Waals surface area contributed by atoms with Gasteiger partial charge in [-0.2, -0.15) is 37.9 Å². The monoisotopic (exact) mass is 759 g/mol. The summed E-state index contributed by atoms with van der Waals surface area (Å²) < 4.78 is 11.7. The molecule has 0 amide bonds. The van der Waals surface area contributed by atoms with Gasteiger partial charge < -0.3 is 14.2 Å². The number of aromatic nitrogens is 3. The van der Waals surface area contributed by atoms with E-state index in [0.717, 1.165) is 20.8 Å². The lowest BCUT2D eigenvalue weighted by molar-refractivity contribution is -0.154. The highest BCUT2D eigenvalue weighted by atomic mass is 32.2. The zero-order valence-corrected chi connectivity index (χ0v) is 31.1. The van der Waals surface area contributed by atoms with Crippen molar-refractivity contribution in [2.75, 3.05) is 0 Å². The number of carbonyl (C=O) groups excluding carboxylic acids is 3. The fourth-order valence-electron chi connectivity index (χ4n) is 2.92. The van der Waals surface area contributed by atoms with Crippen molar-refractivity contribution < 1.29 is 28.6 Å². The quantitative estimate of drug-likeness (QED) is 0.0677. The van der Waals surface area contributed by atoms with E-state index in [0.29, 0.717) is 13.7 Å². The number of rotatable bonds is 12. The molecular formula is C21H33N3O9S9. The lowest BCUT2D eigenvalue weighted by atomic mass is 10.3. The Hall–Kier alpha value is -0.0300. The molecule has 1 heterocycles. The largest absolute Gasteiger partial charge is 0.439 e. The van der Waals surface area contributed by atoms with Crippen molar-refractivity contribution in [3.8, 4) is 0 Å². The molecular weight excluding hydrogens is 727 g/mol. The van der Waals surface area contributed by atoms with Crippen LogP contribution in [0.3, 0.4) is 0 Å². The predicted molar refractivity (Wildman–Crippen MR) is 189 cm³/mol. The molecule has 0 radical (unpaired) electrons. The highest BCUT2D eigenvalue weighted by Crippen LogP contribution is 2.32. The minimum atomic E-state index is -1.75. The van der Waals surface area contributed by atoms with E-state index in [1.165, 1.54) is 20.8 Å². The maximum Gasteiger partial charge on any atom is 0.342 e. The van der Waals surface area contributed by atoms with E-state index in [2.05, 4.69) is 114 Å².